The fraction of sp³-hybridized carbons (Fsp3) is 0.393. The van der Waals surface area contributed by atoms with Crippen molar-refractivity contribution in [2.24, 2.45) is 11.8 Å². The lowest BCUT2D eigenvalue weighted by Crippen LogP contribution is -2.35. The predicted molar refractivity (Wildman–Crippen MR) is 144 cm³/mol. The number of fused-ring (bicyclic) bond motifs is 1. The molecule has 194 valence electrons. The first-order valence-electron chi connectivity index (χ1n) is 12.6. The van der Waals surface area contributed by atoms with Gasteiger partial charge in [0.25, 0.3) is 5.91 Å². The van der Waals surface area contributed by atoms with Crippen LogP contribution >= 0.6 is 11.6 Å². The van der Waals surface area contributed by atoms with E-state index in [4.69, 9.17) is 16.3 Å². The van der Waals surface area contributed by atoms with Crippen LogP contribution in [0.3, 0.4) is 0 Å². The zero-order valence-corrected chi connectivity index (χ0v) is 22.2. The molecule has 2 aliphatic rings. The van der Waals surface area contributed by atoms with Crippen molar-refractivity contribution in [2.75, 3.05) is 45.2 Å². The molecule has 0 aliphatic carbocycles. The lowest BCUT2D eigenvalue weighted by molar-refractivity contribution is -0.116. The summed E-state index contributed by atoms with van der Waals surface area (Å²) in [6.07, 6.45) is 0.425. The maximum atomic E-state index is 13.5. The minimum atomic E-state index is -0.0176. The Morgan fingerprint density at radius 3 is 2.38 bits per heavy atom. The lowest BCUT2D eigenvalue weighted by atomic mass is 10.0. The maximum absolute atomic E-state index is 13.5. The number of amides is 2. The number of likely N-dealkylation sites (tertiary alicyclic amines) is 2. The highest BCUT2D eigenvalue weighted by atomic mass is 35.5. The number of carbonyl (C=O) groups excluding carboxylic acids is 2. The number of hydrogen-bond donors (Lipinski definition) is 1. The second-order valence-corrected chi connectivity index (χ2v) is 10.4. The van der Waals surface area contributed by atoms with E-state index in [0.29, 0.717) is 35.5 Å². The minimum Gasteiger partial charge on any atom is -0.497 e. The number of benzene rings is 2. The molecule has 2 fully saturated rings. The Morgan fingerprint density at radius 1 is 1.03 bits per heavy atom. The number of aromatic nitrogens is 2. The van der Waals surface area contributed by atoms with Crippen LogP contribution in [0.2, 0.25) is 5.02 Å². The van der Waals surface area contributed by atoms with Gasteiger partial charge < -0.3 is 19.9 Å². The van der Waals surface area contributed by atoms with Crippen LogP contribution in [0, 0.1) is 25.7 Å². The van der Waals surface area contributed by atoms with Crippen LogP contribution in [0.4, 0.5) is 5.69 Å². The van der Waals surface area contributed by atoms with Crippen LogP contribution in [-0.4, -0.2) is 71.2 Å². The molecule has 0 spiro atoms. The molecule has 0 saturated carbocycles. The molecule has 2 unspecified atom stereocenters. The molecule has 2 aromatic carbocycles. The number of methoxy groups -OCH3 is 1. The van der Waals surface area contributed by atoms with Gasteiger partial charge >= 0.3 is 0 Å². The van der Waals surface area contributed by atoms with E-state index in [2.05, 4.69) is 15.3 Å². The van der Waals surface area contributed by atoms with Crippen LogP contribution in [-0.2, 0) is 4.79 Å². The largest absolute Gasteiger partial charge is 0.497 e. The molecule has 9 heteroatoms. The summed E-state index contributed by atoms with van der Waals surface area (Å²) in [5, 5.41) is 8.15. The van der Waals surface area contributed by atoms with E-state index < -0.39 is 0 Å². The van der Waals surface area contributed by atoms with Crippen molar-refractivity contribution in [3.63, 3.8) is 0 Å². The number of nitrogens with zero attached hydrogens (tertiary/aromatic N) is 4. The molecule has 3 aromatic rings. The van der Waals surface area contributed by atoms with Crippen LogP contribution in [0.5, 0.6) is 5.75 Å². The highest BCUT2D eigenvalue weighted by Crippen LogP contribution is 2.32. The summed E-state index contributed by atoms with van der Waals surface area (Å²) < 4.78 is 6.97. The molecule has 1 N–H and O–H groups in total. The molecule has 2 atom stereocenters. The number of carbonyl (C=O) groups is 2. The fourth-order valence-electron chi connectivity index (χ4n) is 5.33. The van der Waals surface area contributed by atoms with Crippen molar-refractivity contribution < 1.29 is 14.3 Å². The molecule has 0 bridgehead atoms. The molecular formula is C28H32ClN5O3. The van der Waals surface area contributed by atoms with Gasteiger partial charge in [0, 0.05) is 49.9 Å². The van der Waals surface area contributed by atoms with Gasteiger partial charge in [-0.25, -0.2) is 4.68 Å². The van der Waals surface area contributed by atoms with E-state index in [-0.39, 0.29) is 11.8 Å². The predicted octanol–water partition coefficient (Wildman–Crippen LogP) is 4.18. The van der Waals surface area contributed by atoms with Gasteiger partial charge in [0.1, 0.15) is 11.4 Å². The first kappa shape index (κ1) is 25.3. The van der Waals surface area contributed by atoms with Gasteiger partial charge in [-0.2, -0.15) is 5.10 Å². The minimum absolute atomic E-state index is 0.00787. The summed E-state index contributed by atoms with van der Waals surface area (Å²) >= 11 is 6.16. The van der Waals surface area contributed by atoms with Gasteiger partial charge in [0.05, 0.1) is 18.5 Å². The Morgan fingerprint density at radius 2 is 1.73 bits per heavy atom. The quantitative estimate of drug-likeness (QED) is 0.504. The van der Waals surface area contributed by atoms with Gasteiger partial charge in [-0.05, 0) is 73.7 Å². The standard InChI is InChI=1S/C28H32ClN5O3/c1-18-4-5-22(13-25(18)29)30-27(35)10-11-32-14-20-16-33(17-21(20)15-32)28(36)26-12-19(2)31-34(26)23-6-8-24(37-3)9-7-23/h4-9,12-13,20-21H,10-11,14-17H2,1-3H3,(H,30,35). The molecule has 5 rings (SSSR count). The summed E-state index contributed by atoms with van der Waals surface area (Å²) in [4.78, 5) is 30.2. The molecule has 1 aromatic heterocycles. The lowest BCUT2D eigenvalue weighted by Gasteiger charge is -2.22. The number of halogens is 1. The van der Waals surface area contributed by atoms with E-state index in [0.717, 1.165) is 54.6 Å². The van der Waals surface area contributed by atoms with E-state index in [1.807, 2.05) is 61.2 Å². The van der Waals surface area contributed by atoms with Crippen LogP contribution in [0.15, 0.2) is 48.5 Å². The van der Waals surface area contributed by atoms with Gasteiger partial charge in [0.15, 0.2) is 0 Å². The monoisotopic (exact) mass is 521 g/mol. The zero-order valence-electron chi connectivity index (χ0n) is 21.4. The normalized spacial score (nSPS) is 19.2. The highest BCUT2D eigenvalue weighted by molar-refractivity contribution is 6.31. The van der Waals surface area contributed by atoms with Crippen LogP contribution in [0.25, 0.3) is 5.69 Å². The van der Waals surface area contributed by atoms with Crippen molar-refractivity contribution in [3.05, 3.63) is 70.5 Å². The summed E-state index contributed by atoms with van der Waals surface area (Å²) in [6, 6.07) is 14.9. The third kappa shape index (κ3) is 5.50. The van der Waals surface area contributed by atoms with E-state index in [1.54, 1.807) is 17.9 Å². The molecule has 3 heterocycles. The molecule has 2 aliphatic heterocycles. The maximum Gasteiger partial charge on any atom is 0.272 e. The topological polar surface area (TPSA) is 79.7 Å². The summed E-state index contributed by atoms with van der Waals surface area (Å²) in [5.41, 5.74) is 3.91. The SMILES string of the molecule is COc1ccc(-n2nc(C)cc2C(=O)N2CC3CN(CCC(=O)Nc4ccc(C)c(Cl)c4)CC3C2)cc1. The van der Waals surface area contributed by atoms with Crippen molar-refractivity contribution in [3.8, 4) is 11.4 Å². The molecule has 0 radical (unpaired) electrons. The number of aryl methyl sites for hydroxylation is 2. The van der Waals surface area contributed by atoms with Gasteiger partial charge in [-0.3, -0.25) is 9.59 Å². The molecular weight excluding hydrogens is 490 g/mol. The third-order valence-electron chi connectivity index (χ3n) is 7.33. The van der Waals surface area contributed by atoms with Crippen LogP contribution in [0.1, 0.15) is 28.2 Å². The van der Waals surface area contributed by atoms with E-state index in [1.165, 1.54) is 0 Å². The van der Waals surface area contributed by atoms with Crippen LogP contribution < -0.4 is 10.1 Å². The second-order valence-electron chi connectivity index (χ2n) is 10.0. The van der Waals surface area contributed by atoms with Gasteiger partial charge in [-0.1, -0.05) is 17.7 Å². The first-order valence-corrected chi connectivity index (χ1v) is 13.0. The van der Waals surface area contributed by atoms with Crippen molar-refractivity contribution >= 4 is 29.1 Å². The molecule has 2 saturated heterocycles. The number of ether oxygens (including phenoxy) is 1. The fourth-order valence-corrected chi connectivity index (χ4v) is 5.51. The summed E-state index contributed by atoms with van der Waals surface area (Å²) in [6.45, 7) is 7.78. The summed E-state index contributed by atoms with van der Waals surface area (Å²) in [5.74, 6) is 1.58. The Balaban J connectivity index is 1.15. The average molecular weight is 522 g/mol. The molecule has 37 heavy (non-hydrogen) atoms. The van der Waals surface area contributed by atoms with E-state index >= 15 is 0 Å². The first-order chi connectivity index (χ1) is 17.8. The zero-order chi connectivity index (χ0) is 26.1. The Labute approximate surface area is 222 Å². The van der Waals surface area contributed by atoms with E-state index in [9.17, 15) is 9.59 Å². The van der Waals surface area contributed by atoms with Crippen molar-refractivity contribution in [1.82, 2.24) is 19.6 Å². The number of nitrogens with one attached hydrogen (secondary N) is 1. The van der Waals surface area contributed by atoms with Gasteiger partial charge in [0.2, 0.25) is 5.91 Å². The Hall–Kier alpha value is -3.36. The molecule has 2 amide bonds. The third-order valence-corrected chi connectivity index (χ3v) is 7.73. The highest BCUT2D eigenvalue weighted by Gasteiger charge is 2.42. The van der Waals surface area contributed by atoms with Gasteiger partial charge in [-0.15, -0.1) is 0 Å². The van der Waals surface area contributed by atoms with Crippen molar-refractivity contribution in [2.45, 2.75) is 20.3 Å². The Bertz CT molecular complexity index is 1290. The smallest absolute Gasteiger partial charge is 0.272 e. The number of anilines is 1. The van der Waals surface area contributed by atoms with Crippen molar-refractivity contribution in [1.29, 1.82) is 0 Å². The Kier molecular flexibility index (Phi) is 7.22. The second kappa shape index (κ2) is 10.6. The summed E-state index contributed by atoms with van der Waals surface area (Å²) in [7, 11) is 1.63. The molecule has 8 nitrogen and oxygen atoms in total. The number of hydrogen-bond acceptors (Lipinski definition) is 5. The number of rotatable bonds is 7. The average Bonchev–Trinajstić information content (AvgIpc) is 3.58.